The number of pyridine rings is 1. The van der Waals surface area contributed by atoms with Gasteiger partial charge in [-0.05, 0) is 57.4 Å². The number of nitrogens with zero attached hydrogens (tertiary/aromatic N) is 2. The van der Waals surface area contributed by atoms with Crippen molar-refractivity contribution in [2.45, 2.75) is 45.2 Å². The number of hydrazine groups is 1. The van der Waals surface area contributed by atoms with E-state index in [1.165, 1.54) is 0 Å². The molecule has 34 heavy (non-hydrogen) atoms. The number of carbonyl (C=O) groups excluding carboxylic acids is 2. The van der Waals surface area contributed by atoms with Crippen LogP contribution in [0.15, 0.2) is 42.6 Å². The first-order valence-corrected chi connectivity index (χ1v) is 12.0. The second-order valence-electron chi connectivity index (χ2n) is 8.52. The summed E-state index contributed by atoms with van der Waals surface area (Å²) in [5, 5.41) is 3.00. The highest BCUT2D eigenvalue weighted by Crippen LogP contribution is 2.31. The van der Waals surface area contributed by atoms with Crippen LogP contribution < -0.4 is 25.6 Å². The highest BCUT2D eigenvalue weighted by Gasteiger charge is 2.36. The van der Waals surface area contributed by atoms with E-state index in [1.54, 1.807) is 23.2 Å². The highest BCUT2D eigenvalue weighted by atomic mass is 16.5. The molecule has 182 valence electrons. The number of hydrogen-bond donors (Lipinski definition) is 3. The number of ether oxygens (including phenoxy) is 2. The molecule has 0 radical (unpaired) electrons. The molecule has 0 spiro atoms. The fourth-order valence-electron chi connectivity index (χ4n) is 4.49. The van der Waals surface area contributed by atoms with Gasteiger partial charge in [0, 0.05) is 25.4 Å². The van der Waals surface area contributed by atoms with E-state index in [0.29, 0.717) is 49.9 Å². The van der Waals surface area contributed by atoms with E-state index in [0.717, 1.165) is 18.5 Å². The van der Waals surface area contributed by atoms with Crippen molar-refractivity contribution in [1.29, 1.82) is 0 Å². The van der Waals surface area contributed by atoms with Crippen molar-refractivity contribution >= 4 is 17.5 Å². The summed E-state index contributed by atoms with van der Waals surface area (Å²) >= 11 is 0. The number of likely N-dealkylation sites (tertiary alicyclic amines) is 1. The molecule has 4 rings (SSSR count). The van der Waals surface area contributed by atoms with E-state index in [9.17, 15) is 9.59 Å². The molecule has 3 N–H and O–H groups in total. The van der Waals surface area contributed by atoms with Crippen LogP contribution in [0.3, 0.4) is 0 Å². The van der Waals surface area contributed by atoms with Gasteiger partial charge in [-0.1, -0.05) is 6.07 Å². The Kier molecular flexibility index (Phi) is 7.97. The second-order valence-corrected chi connectivity index (χ2v) is 8.52. The van der Waals surface area contributed by atoms with Crippen molar-refractivity contribution in [3.8, 4) is 11.5 Å². The lowest BCUT2D eigenvalue weighted by Crippen LogP contribution is -2.50. The Hall–Kier alpha value is -3.17. The largest absolute Gasteiger partial charge is 0.494 e. The molecule has 1 aromatic carbocycles. The minimum atomic E-state index is -0.346. The van der Waals surface area contributed by atoms with Gasteiger partial charge in [0.1, 0.15) is 17.5 Å². The zero-order valence-corrected chi connectivity index (χ0v) is 19.8. The maximum absolute atomic E-state index is 13.2. The Bertz CT molecular complexity index is 987. The average molecular weight is 468 g/mol. The SMILES string of the molecule is CCOc1ccc(OCC)c(NC(=O)C2CCCN(C(=O)C3CC(c4ccccn4)NN3)C2)c1. The number of amides is 2. The van der Waals surface area contributed by atoms with Crippen LogP contribution in [-0.2, 0) is 9.59 Å². The minimum absolute atomic E-state index is 0.0109. The topological polar surface area (TPSA) is 105 Å². The summed E-state index contributed by atoms with van der Waals surface area (Å²) < 4.78 is 11.3. The number of piperidine rings is 1. The molecule has 3 unspecified atom stereocenters. The van der Waals surface area contributed by atoms with E-state index < -0.39 is 0 Å². The van der Waals surface area contributed by atoms with Crippen molar-refractivity contribution in [3.05, 3.63) is 48.3 Å². The van der Waals surface area contributed by atoms with Crippen LogP contribution in [-0.4, -0.2) is 54.0 Å². The van der Waals surface area contributed by atoms with Crippen molar-refractivity contribution in [3.63, 3.8) is 0 Å². The third-order valence-corrected chi connectivity index (χ3v) is 6.17. The van der Waals surface area contributed by atoms with Gasteiger partial charge in [0.25, 0.3) is 0 Å². The molecular formula is C25H33N5O4. The third kappa shape index (κ3) is 5.66. The van der Waals surface area contributed by atoms with Gasteiger partial charge in [-0.2, -0.15) is 0 Å². The standard InChI is InChI=1S/C25H33N5O4/c1-3-33-18-10-11-23(34-4-2)21(14-18)27-24(31)17-8-7-13-30(16-17)25(32)22-15-20(28-29-22)19-9-5-6-12-26-19/h5-6,9-12,14,17,20,22,28-29H,3-4,7-8,13,15-16H2,1-2H3,(H,27,31). The Morgan fingerprint density at radius 2 is 2.00 bits per heavy atom. The average Bonchev–Trinajstić information content (AvgIpc) is 3.36. The number of carbonyl (C=O) groups is 2. The second kappa shape index (κ2) is 11.3. The molecule has 2 aliphatic rings. The van der Waals surface area contributed by atoms with E-state index in [-0.39, 0.29) is 29.8 Å². The molecule has 0 bridgehead atoms. The first kappa shape index (κ1) is 24.0. The van der Waals surface area contributed by atoms with Gasteiger partial charge >= 0.3 is 0 Å². The molecule has 2 saturated heterocycles. The summed E-state index contributed by atoms with van der Waals surface area (Å²) in [6.07, 6.45) is 3.88. The van der Waals surface area contributed by atoms with Gasteiger partial charge in [0.05, 0.1) is 36.6 Å². The van der Waals surface area contributed by atoms with Gasteiger partial charge in [0.2, 0.25) is 11.8 Å². The first-order chi connectivity index (χ1) is 16.6. The van der Waals surface area contributed by atoms with Crippen molar-refractivity contribution in [2.75, 3.05) is 31.6 Å². The maximum atomic E-state index is 13.2. The smallest absolute Gasteiger partial charge is 0.241 e. The lowest BCUT2D eigenvalue weighted by atomic mass is 9.95. The lowest BCUT2D eigenvalue weighted by molar-refractivity contribution is -0.136. The monoisotopic (exact) mass is 467 g/mol. The first-order valence-electron chi connectivity index (χ1n) is 12.0. The van der Waals surface area contributed by atoms with Crippen LogP contribution in [0, 0.1) is 5.92 Å². The molecule has 9 nitrogen and oxygen atoms in total. The van der Waals surface area contributed by atoms with Crippen LogP contribution in [0.5, 0.6) is 11.5 Å². The number of rotatable bonds is 8. The molecule has 2 aromatic rings. The molecule has 0 saturated carbocycles. The van der Waals surface area contributed by atoms with Crippen LogP contribution in [0.2, 0.25) is 0 Å². The zero-order valence-electron chi connectivity index (χ0n) is 19.8. The third-order valence-electron chi connectivity index (χ3n) is 6.17. The van der Waals surface area contributed by atoms with Gasteiger partial charge in [-0.3, -0.25) is 14.6 Å². The molecular weight excluding hydrogens is 434 g/mol. The number of nitrogens with one attached hydrogen (secondary N) is 3. The molecule has 2 fully saturated rings. The number of aromatic nitrogens is 1. The van der Waals surface area contributed by atoms with Crippen LogP contribution in [0.25, 0.3) is 0 Å². The normalized spacial score (nSPS) is 22.3. The van der Waals surface area contributed by atoms with Gasteiger partial charge in [0.15, 0.2) is 0 Å². The molecule has 2 amide bonds. The molecule has 3 atom stereocenters. The van der Waals surface area contributed by atoms with Crippen molar-refractivity contribution < 1.29 is 19.1 Å². The molecule has 2 aliphatic heterocycles. The number of hydrogen-bond acceptors (Lipinski definition) is 7. The van der Waals surface area contributed by atoms with Crippen LogP contribution in [0.4, 0.5) is 5.69 Å². The van der Waals surface area contributed by atoms with Gasteiger partial charge < -0.3 is 19.7 Å². The van der Waals surface area contributed by atoms with Crippen molar-refractivity contribution in [2.24, 2.45) is 5.92 Å². The molecule has 0 aliphatic carbocycles. The fourth-order valence-corrected chi connectivity index (χ4v) is 4.49. The van der Waals surface area contributed by atoms with E-state index in [2.05, 4.69) is 21.2 Å². The lowest BCUT2D eigenvalue weighted by Gasteiger charge is -2.33. The molecule has 1 aromatic heterocycles. The summed E-state index contributed by atoms with van der Waals surface area (Å²) in [6.45, 7) is 5.88. The Balaban J connectivity index is 1.37. The summed E-state index contributed by atoms with van der Waals surface area (Å²) in [6, 6.07) is 10.8. The van der Waals surface area contributed by atoms with Crippen LogP contribution >= 0.6 is 0 Å². The highest BCUT2D eigenvalue weighted by molar-refractivity contribution is 5.95. The van der Waals surface area contributed by atoms with Crippen molar-refractivity contribution in [1.82, 2.24) is 20.7 Å². The predicted octanol–water partition coefficient (Wildman–Crippen LogP) is 2.66. The molecule has 9 heteroatoms. The van der Waals surface area contributed by atoms with E-state index in [1.807, 2.05) is 38.1 Å². The predicted molar refractivity (Wildman–Crippen MR) is 128 cm³/mol. The summed E-state index contributed by atoms with van der Waals surface area (Å²) in [5.74, 6) is 0.880. The zero-order chi connectivity index (χ0) is 23.9. The quantitative estimate of drug-likeness (QED) is 0.548. The Morgan fingerprint density at radius 3 is 2.76 bits per heavy atom. The fraction of sp³-hybridized carbons (Fsp3) is 0.480. The minimum Gasteiger partial charge on any atom is -0.494 e. The summed E-state index contributed by atoms with van der Waals surface area (Å²) in [4.78, 5) is 32.5. The Labute approximate surface area is 200 Å². The maximum Gasteiger partial charge on any atom is 0.241 e. The number of benzene rings is 1. The van der Waals surface area contributed by atoms with Crippen LogP contribution in [0.1, 0.15) is 44.8 Å². The van der Waals surface area contributed by atoms with Gasteiger partial charge in [-0.25, -0.2) is 10.9 Å². The van der Waals surface area contributed by atoms with E-state index >= 15 is 0 Å². The van der Waals surface area contributed by atoms with Gasteiger partial charge in [-0.15, -0.1) is 0 Å². The molecule has 3 heterocycles. The Morgan fingerprint density at radius 1 is 1.15 bits per heavy atom. The summed E-state index contributed by atoms with van der Waals surface area (Å²) in [5.41, 5.74) is 7.78. The summed E-state index contributed by atoms with van der Waals surface area (Å²) in [7, 11) is 0. The number of anilines is 1. The van der Waals surface area contributed by atoms with E-state index in [4.69, 9.17) is 9.47 Å².